The predicted octanol–water partition coefficient (Wildman–Crippen LogP) is 0.706. The highest BCUT2D eigenvalue weighted by molar-refractivity contribution is 14.0. The van der Waals surface area contributed by atoms with Crippen molar-refractivity contribution in [3.8, 4) is 0 Å². The van der Waals surface area contributed by atoms with E-state index in [1.807, 2.05) is 19.4 Å². The number of hydrogen-bond donors (Lipinski definition) is 2. The molecule has 11 heteroatoms. The molecule has 2 heterocycles. The largest absolute Gasteiger partial charge is 0.370 e. The van der Waals surface area contributed by atoms with Crippen molar-refractivity contribution in [3.05, 3.63) is 18.0 Å². The first-order chi connectivity index (χ1) is 13.0. The lowest BCUT2D eigenvalue weighted by Gasteiger charge is -2.34. The second kappa shape index (κ2) is 10.7. The monoisotopic (exact) mass is 526 g/mol. The van der Waals surface area contributed by atoms with Crippen molar-refractivity contribution in [2.24, 2.45) is 18.0 Å². The summed E-state index contributed by atoms with van der Waals surface area (Å²) < 4.78 is 34.6. The number of sulfonamides is 1. The Kier molecular flexibility index (Phi) is 8.96. The highest BCUT2D eigenvalue weighted by Gasteiger charge is 2.25. The Labute approximate surface area is 184 Å². The average Bonchev–Trinajstić information content (AvgIpc) is 3.04. The van der Waals surface area contributed by atoms with Crippen LogP contribution in [0.25, 0.3) is 0 Å². The van der Waals surface area contributed by atoms with Gasteiger partial charge >= 0.3 is 0 Å². The van der Waals surface area contributed by atoms with Crippen LogP contribution in [0.3, 0.4) is 0 Å². The van der Waals surface area contributed by atoms with Gasteiger partial charge in [0.1, 0.15) is 6.10 Å². The number of morpholine rings is 1. The maximum absolute atomic E-state index is 12.1. The summed E-state index contributed by atoms with van der Waals surface area (Å²) in [6.45, 7) is 2.83. The van der Waals surface area contributed by atoms with Crippen LogP contribution in [0.15, 0.2) is 17.4 Å². The second-order valence-corrected chi connectivity index (χ2v) is 9.12. The molecule has 0 bridgehead atoms. The standard InChI is InChI=1S/C17H30N6O3S.HI/c1-18-17(19-6-9-27(24,25)21-10-14-4-3-5-14)23-7-8-26-16(13-23)15-11-20-22(2)12-15;/h11-12,14,16,21H,3-10,13H2,1-2H3,(H,18,19);1H. The molecule has 1 aliphatic heterocycles. The molecule has 1 unspecified atom stereocenters. The topological polar surface area (TPSA) is 101 Å². The first kappa shape index (κ1) is 23.4. The van der Waals surface area contributed by atoms with Crippen molar-refractivity contribution in [1.29, 1.82) is 0 Å². The number of halogens is 1. The third-order valence-corrected chi connectivity index (χ3v) is 6.49. The van der Waals surface area contributed by atoms with E-state index in [1.165, 1.54) is 6.42 Å². The number of ether oxygens (including phenoxy) is 1. The normalized spacial score (nSPS) is 21.1. The maximum Gasteiger partial charge on any atom is 0.213 e. The summed E-state index contributed by atoms with van der Waals surface area (Å²) in [5.74, 6) is 1.24. The first-order valence-electron chi connectivity index (χ1n) is 9.50. The second-order valence-electron chi connectivity index (χ2n) is 7.19. The quantitative estimate of drug-likeness (QED) is 0.309. The number of nitrogens with one attached hydrogen (secondary N) is 2. The highest BCUT2D eigenvalue weighted by atomic mass is 127. The lowest BCUT2D eigenvalue weighted by atomic mass is 9.86. The fourth-order valence-electron chi connectivity index (χ4n) is 3.29. The zero-order valence-corrected chi connectivity index (χ0v) is 19.7. The summed E-state index contributed by atoms with van der Waals surface area (Å²) in [6, 6.07) is 0. The molecule has 1 atom stereocenters. The van der Waals surface area contributed by atoms with Gasteiger partial charge in [-0.15, -0.1) is 24.0 Å². The summed E-state index contributed by atoms with van der Waals surface area (Å²) in [5.41, 5.74) is 1.03. The van der Waals surface area contributed by atoms with E-state index in [9.17, 15) is 8.42 Å². The van der Waals surface area contributed by atoms with Crippen LogP contribution in [-0.2, 0) is 21.8 Å². The van der Waals surface area contributed by atoms with Crippen LogP contribution in [0.2, 0.25) is 0 Å². The smallest absolute Gasteiger partial charge is 0.213 e. The van der Waals surface area contributed by atoms with Gasteiger partial charge < -0.3 is 15.0 Å². The number of aryl methyl sites for hydroxylation is 1. The highest BCUT2D eigenvalue weighted by Crippen LogP contribution is 2.25. The lowest BCUT2D eigenvalue weighted by molar-refractivity contribution is -0.00798. The molecule has 2 N–H and O–H groups in total. The molecule has 0 spiro atoms. The molecule has 1 saturated carbocycles. The minimum absolute atomic E-state index is 0. The van der Waals surface area contributed by atoms with E-state index in [1.54, 1.807) is 11.7 Å². The summed E-state index contributed by atoms with van der Waals surface area (Å²) in [5, 5.41) is 7.37. The molecule has 0 radical (unpaired) electrons. The Bertz CT molecular complexity index is 750. The van der Waals surface area contributed by atoms with E-state index in [0.717, 1.165) is 18.4 Å². The molecule has 0 amide bonds. The van der Waals surface area contributed by atoms with Gasteiger partial charge in [0.15, 0.2) is 5.96 Å². The van der Waals surface area contributed by atoms with E-state index in [-0.39, 0.29) is 35.8 Å². The zero-order chi connectivity index (χ0) is 19.3. The first-order valence-corrected chi connectivity index (χ1v) is 11.1. The fourth-order valence-corrected chi connectivity index (χ4v) is 4.30. The predicted molar refractivity (Wildman–Crippen MR) is 119 cm³/mol. The molecule has 28 heavy (non-hydrogen) atoms. The number of aliphatic imine (C=N–C) groups is 1. The van der Waals surface area contributed by atoms with E-state index < -0.39 is 10.0 Å². The van der Waals surface area contributed by atoms with Crippen LogP contribution in [0.4, 0.5) is 0 Å². The van der Waals surface area contributed by atoms with Crippen molar-refractivity contribution in [3.63, 3.8) is 0 Å². The molecule has 9 nitrogen and oxygen atoms in total. The van der Waals surface area contributed by atoms with Crippen molar-refractivity contribution in [2.75, 3.05) is 45.6 Å². The van der Waals surface area contributed by atoms with Crippen LogP contribution in [0.1, 0.15) is 30.9 Å². The molecule has 3 rings (SSSR count). The van der Waals surface area contributed by atoms with Crippen LogP contribution < -0.4 is 10.0 Å². The molecule has 1 aliphatic carbocycles. The van der Waals surface area contributed by atoms with E-state index in [2.05, 4.69) is 25.0 Å². The molecule has 1 aromatic rings. The van der Waals surface area contributed by atoms with Gasteiger partial charge in [-0.2, -0.15) is 5.10 Å². The molecule has 160 valence electrons. The molecule has 1 aromatic heterocycles. The maximum atomic E-state index is 12.1. The summed E-state index contributed by atoms with van der Waals surface area (Å²) in [6.07, 6.45) is 7.16. The Morgan fingerprint density at radius 1 is 1.43 bits per heavy atom. The number of nitrogens with zero attached hydrogens (tertiary/aromatic N) is 4. The van der Waals surface area contributed by atoms with Crippen LogP contribution in [0.5, 0.6) is 0 Å². The van der Waals surface area contributed by atoms with Gasteiger partial charge in [-0.25, -0.2) is 13.1 Å². The molecule has 0 aromatic carbocycles. The number of hydrogen-bond acceptors (Lipinski definition) is 5. The van der Waals surface area contributed by atoms with Crippen molar-refractivity contribution in [2.45, 2.75) is 25.4 Å². The van der Waals surface area contributed by atoms with E-state index in [4.69, 9.17) is 4.74 Å². The molecular weight excluding hydrogens is 495 g/mol. The Morgan fingerprint density at radius 3 is 2.82 bits per heavy atom. The number of aromatic nitrogens is 2. The van der Waals surface area contributed by atoms with Crippen LogP contribution in [-0.4, -0.2) is 74.6 Å². The molecule has 2 aliphatic rings. The minimum atomic E-state index is -3.26. The van der Waals surface area contributed by atoms with Gasteiger partial charge in [0.2, 0.25) is 10.0 Å². The van der Waals surface area contributed by atoms with E-state index >= 15 is 0 Å². The molecular formula is C17H31IN6O3S. The summed E-state index contributed by atoms with van der Waals surface area (Å²) in [4.78, 5) is 6.39. The van der Waals surface area contributed by atoms with Crippen molar-refractivity contribution < 1.29 is 13.2 Å². The number of guanidine groups is 1. The van der Waals surface area contributed by atoms with Gasteiger partial charge in [0, 0.05) is 45.5 Å². The van der Waals surface area contributed by atoms with Gasteiger partial charge in [0.25, 0.3) is 0 Å². The summed E-state index contributed by atoms with van der Waals surface area (Å²) >= 11 is 0. The van der Waals surface area contributed by atoms with E-state index in [0.29, 0.717) is 44.7 Å². The Morgan fingerprint density at radius 2 is 2.21 bits per heavy atom. The SMILES string of the molecule is CN=C(NCCS(=O)(=O)NCC1CCC1)N1CCOC(c2cnn(C)c2)C1.I. The van der Waals surface area contributed by atoms with Crippen LogP contribution in [0, 0.1) is 5.92 Å². The summed E-state index contributed by atoms with van der Waals surface area (Å²) in [7, 11) is 0.327. The lowest BCUT2D eigenvalue weighted by Crippen LogP contribution is -2.49. The zero-order valence-electron chi connectivity index (χ0n) is 16.5. The Balaban J connectivity index is 0.00000280. The number of rotatable bonds is 7. The van der Waals surface area contributed by atoms with Crippen molar-refractivity contribution >= 4 is 40.0 Å². The average molecular weight is 526 g/mol. The fraction of sp³-hybridized carbons (Fsp3) is 0.765. The van der Waals surface area contributed by atoms with Crippen molar-refractivity contribution in [1.82, 2.24) is 24.7 Å². The van der Waals surface area contributed by atoms with Crippen LogP contribution >= 0.6 is 24.0 Å². The molecule has 1 saturated heterocycles. The molecule has 2 fully saturated rings. The minimum Gasteiger partial charge on any atom is -0.370 e. The van der Waals surface area contributed by atoms with Gasteiger partial charge in [-0.3, -0.25) is 9.67 Å². The Hall–Kier alpha value is -0.920. The van der Waals surface area contributed by atoms with Gasteiger partial charge in [-0.05, 0) is 18.8 Å². The van der Waals surface area contributed by atoms with Gasteiger partial charge in [-0.1, -0.05) is 6.42 Å². The third-order valence-electron chi connectivity index (χ3n) is 5.14. The third kappa shape index (κ3) is 6.56. The van der Waals surface area contributed by atoms with Gasteiger partial charge in [0.05, 0.1) is 25.1 Å².